The predicted molar refractivity (Wildman–Crippen MR) is 61.4 cm³/mol. The molecule has 1 amide bonds. The summed E-state index contributed by atoms with van der Waals surface area (Å²) in [7, 11) is 1.76. The molecule has 0 aromatic carbocycles. The van der Waals surface area contributed by atoms with Gasteiger partial charge < -0.3 is 4.90 Å². The summed E-state index contributed by atoms with van der Waals surface area (Å²) in [6.45, 7) is 0. The quantitative estimate of drug-likeness (QED) is 0.766. The maximum Gasteiger partial charge on any atom is 0.274 e. The summed E-state index contributed by atoms with van der Waals surface area (Å²) in [4.78, 5) is 32.8. The summed E-state index contributed by atoms with van der Waals surface area (Å²) in [5, 5.41) is 0. The third kappa shape index (κ3) is 2.67. The van der Waals surface area contributed by atoms with E-state index in [9.17, 15) is 9.59 Å². The molecule has 0 aliphatic heterocycles. The van der Waals surface area contributed by atoms with Crippen molar-refractivity contribution in [1.29, 1.82) is 0 Å². The fourth-order valence-electron chi connectivity index (χ4n) is 2.07. The van der Waals surface area contributed by atoms with E-state index in [1.165, 1.54) is 18.6 Å². The highest BCUT2D eigenvalue weighted by Crippen LogP contribution is 2.20. The van der Waals surface area contributed by atoms with E-state index in [0.29, 0.717) is 24.3 Å². The molecule has 5 nitrogen and oxygen atoms in total. The average Bonchev–Trinajstić information content (AvgIpc) is 2.39. The van der Waals surface area contributed by atoms with Gasteiger partial charge in [-0.3, -0.25) is 14.6 Å². The minimum atomic E-state index is -0.127. The van der Waals surface area contributed by atoms with Crippen molar-refractivity contribution in [3.63, 3.8) is 0 Å². The first-order valence-electron chi connectivity index (χ1n) is 5.73. The van der Waals surface area contributed by atoms with Crippen molar-refractivity contribution in [2.24, 2.45) is 0 Å². The van der Waals surface area contributed by atoms with Crippen LogP contribution in [0.5, 0.6) is 0 Å². The van der Waals surface area contributed by atoms with Crippen molar-refractivity contribution in [3.05, 3.63) is 24.3 Å². The number of Topliss-reactive ketones (excluding diaryl/α,β-unsaturated/α-hetero) is 1. The number of aromatic nitrogens is 2. The molecule has 0 radical (unpaired) electrons. The summed E-state index contributed by atoms with van der Waals surface area (Å²) >= 11 is 0. The van der Waals surface area contributed by atoms with Gasteiger partial charge in [0, 0.05) is 38.3 Å². The Kier molecular flexibility index (Phi) is 3.46. The molecule has 1 saturated carbocycles. The van der Waals surface area contributed by atoms with E-state index in [1.54, 1.807) is 11.9 Å². The van der Waals surface area contributed by atoms with Gasteiger partial charge in [0.25, 0.3) is 5.91 Å². The van der Waals surface area contributed by atoms with Crippen molar-refractivity contribution in [3.8, 4) is 0 Å². The summed E-state index contributed by atoms with van der Waals surface area (Å²) < 4.78 is 0. The van der Waals surface area contributed by atoms with E-state index < -0.39 is 0 Å². The van der Waals surface area contributed by atoms with Gasteiger partial charge in [0.2, 0.25) is 0 Å². The largest absolute Gasteiger partial charge is 0.337 e. The van der Waals surface area contributed by atoms with Crippen molar-refractivity contribution in [2.75, 3.05) is 7.05 Å². The van der Waals surface area contributed by atoms with Crippen LogP contribution >= 0.6 is 0 Å². The van der Waals surface area contributed by atoms with Crippen LogP contribution in [0, 0.1) is 0 Å². The van der Waals surface area contributed by atoms with Crippen LogP contribution in [0.2, 0.25) is 0 Å². The fraction of sp³-hybridized carbons (Fsp3) is 0.500. The second kappa shape index (κ2) is 5.03. The minimum absolute atomic E-state index is 0.127. The highest BCUT2D eigenvalue weighted by atomic mass is 16.2. The molecule has 1 aliphatic carbocycles. The summed E-state index contributed by atoms with van der Waals surface area (Å²) in [6, 6.07) is 0.141. The SMILES string of the molecule is CN(C(=O)c1cnccn1)C1CCC(=O)CC1. The molecule has 5 heteroatoms. The molecule has 0 atom stereocenters. The van der Waals surface area contributed by atoms with E-state index in [1.807, 2.05) is 0 Å². The lowest BCUT2D eigenvalue weighted by molar-refractivity contribution is -0.121. The van der Waals surface area contributed by atoms with Gasteiger partial charge in [0.05, 0.1) is 6.20 Å². The van der Waals surface area contributed by atoms with Gasteiger partial charge in [-0.05, 0) is 12.8 Å². The van der Waals surface area contributed by atoms with E-state index in [0.717, 1.165) is 12.8 Å². The van der Waals surface area contributed by atoms with Crippen LogP contribution in [0.4, 0.5) is 0 Å². The molecule has 1 heterocycles. The molecule has 1 aromatic heterocycles. The van der Waals surface area contributed by atoms with Crippen LogP contribution in [0.25, 0.3) is 0 Å². The zero-order valence-electron chi connectivity index (χ0n) is 9.80. The van der Waals surface area contributed by atoms with Crippen molar-refractivity contribution in [2.45, 2.75) is 31.7 Å². The molecule has 1 aliphatic rings. The maximum atomic E-state index is 12.1. The molecule has 0 unspecified atom stereocenters. The van der Waals surface area contributed by atoms with Crippen LogP contribution < -0.4 is 0 Å². The lowest BCUT2D eigenvalue weighted by Gasteiger charge is -2.30. The van der Waals surface area contributed by atoms with E-state index in [4.69, 9.17) is 0 Å². The molecular formula is C12H15N3O2. The first kappa shape index (κ1) is 11.7. The first-order chi connectivity index (χ1) is 8.18. The van der Waals surface area contributed by atoms with Crippen molar-refractivity contribution >= 4 is 11.7 Å². The Morgan fingerprint density at radius 2 is 2.06 bits per heavy atom. The third-order valence-electron chi connectivity index (χ3n) is 3.16. The molecule has 17 heavy (non-hydrogen) atoms. The molecule has 0 bridgehead atoms. The average molecular weight is 233 g/mol. The van der Waals surface area contributed by atoms with Crippen LogP contribution in [0.3, 0.4) is 0 Å². The van der Waals surface area contributed by atoms with Crippen molar-refractivity contribution < 1.29 is 9.59 Å². The second-order valence-corrected chi connectivity index (χ2v) is 4.28. The number of carbonyl (C=O) groups excluding carboxylic acids is 2. The second-order valence-electron chi connectivity index (χ2n) is 4.28. The number of hydrogen-bond acceptors (Lipinski definition) is 4. The van der Waals surface area contributed by atoms with Gasteiger partial charge in [0.15, 0.2) is 0 Å². The van der Waals surface area contributed by atoms with Crippen LogP contribution in [-0.2, 0) is 4.79 Å². The smallest absolute Gasteiger partial charge is 0.274 e. The van der Waals surface area contributed by atoms with Gasteiger partial charge in [0.1, 0.15) is 11.5 Å². The number of amides is 1. The number of nitrogens with zero attached hydrogens (tertiary/aromatic N) is 3. The summed E-state index contributed by atoms with van der Waals surface area (Å²) in [5.41, 5.74) is 0.354. The molecule has 0 N–H and O–H groups in total. The lowest BCUT2D eigenvalue weighted by Crippen LogP contribution is -2.39. The molecule has 0 spiro atoms. The van der Waals surface area contributed by atoms with Gasteiger partial charge in [-0.15, -0.1) is 0 Å². The fourth-order valence-corrected chi connectivity index (χ4v) is 2.07. The molecule has 0 saturated heterocycles. The minimum Gasteiger partial charge on any atom is -0.337 e. The Morgan fingerprint density at radius 1 is 1.35 bits per heavy atom. The van der Waals surface area contributed by atoms with Crippen molar-refractivity contribution in [1.82, 2.24) is 14.9 Å². The highest BCUT2D eigenvalue weighted by Gasteiger charge is 2.26. The molecule has 2 rings (SSSR count). The zero-order valence-corrected chi connectivity index (χ0v) is 9.80. The Balaban J connectivity index is 2.03. The van der Waals surface area contributed by atoms with E-state index in [2.05, 4.69) is 9.97 Å². The Hall–Kier alpha value is -1.78. The summed E-state index contributed by atoms with van der Waals surface area (Å²) in [5.74, 6) is 0.166. The Labute approximate surface area is 99.9 Å². The molecule has 1 aromatic rings. The number of rotatable bonds is 2. The van der Waals surface area contributed by atoms with Crippen LogP contribution in [0.15, 0.2) is 18.6 Å². The van der Waals surface area contributed by atoms with Gasteiger partial charge in [-0.1, -0.05) is 0 Å². The zero-order chi connectivity index (χ0) is 12.3. The topological polar surface area (TPSA) is 63.2 Å². The van der Waals surface area contributed by atoms with Crippen LogP contribution in [0.1, 0.15) is 36.2 Å². The van der Waals surface area contributed by atoms with Gasteiger partial charge >= 0.3 is 0 Å². The number of hydrogen-bond donors (Lipinski definition) is 0. The molecule has 90 valence electrons. The normalized spacial score (nSPS) is 16.9. The molecule has 1 fully saturated rings. The highest BCUT2D eigenvalue weighted by molar-refractivity contribution is 5.92. The van der Waals surface area contributed by atoms with Gasteiger partial charge in [-0.2, -0.15) is 0 Å². The Bertz CT molecular complexity index is 409. The number of carbonyl (C=O) groups is 2. The maximum absolute atomic E-state index is 12.1. The first-order valence-corrected chi connectivity index (χ1v) is 5.73. The summed E-state index contributed by atoms with van der Waals surface area (Å²) in [6.07, 6.45) is 7.16. The van der Waals surface area contributed by atoms with E-state index in [-0.39, 0.29) is 11.9 Å². The number of ketones is 1. The third-order valence-corrected chi connectivity index (χ3v) is 3.16. The van der Waals surface area contributed by atoms with Crippen LogP contribution in [-0.4, -0.2) is 39.6 Å². The lowest BCUT2D eigenvalue weighted by atomic mass is 9.93. The predicted octanol–water partition coefficient (Wildman–Crippen LogP) is 1.06. The Morgan fingerprint density at radius 3 is 2.65 bits per heavy atom. The van der Waals surface area contributed by atoms with Gasteiger partial charge in [-0.25, -0.2) is 4.98 Å². The standard InChI is InChI=1S/C12H15N3O2/c1-15(9-2-4-10(16)5-3-9)12(17)11-8-13-6-7-14-11/h6-9H,2-5H2,1H3. The molecular weight excluding hydrogens is 218 g/mol. The monoisotopic (exact) mass is 233 g/mol. The van der Waals surface area contributed by atoms with E-state index >= 15 is 0 Å².